The molecule has 0 aromatic rings. The summed E-state index contributed by atoms with van der Waals surface area (Å²) in [5, 5.41) is 0. The molecular formula is C15H30N4. The number of rotatable bonds is 4. The molecule has 0 bridgehead atoms. The van der Waals surface area contributed by atoms with Crippen LogP contribution in [0.15, 0.2) is 0 Å². The fourth-order valence-electron chi connectivity index (χ4n) is 3.89. The molecule has 1 unspecified atom stereocenters. The first kappa shape index (κ1) is 13.8. The van der Waals surface area contributed by atoms with Gasteiger partial charge in [-0.05, 0) is 64.8 Å². The Labute approximate surface area is 117 Å². The van der Waals surface area contributed by atoms with Crippen molar-refractivity contribution in [1.82, 2.24) is 14.7 Å². The molecule has 0 radical (unpaired) electrons. The molecule has 19 heavy (non-hydrogen) atoms. The third kappa shape index (κ3) is 3.69. The molecule has 0 aromatic heterocycles. The van der Waals surface area contributed by atoms with Gasteiger partial charge < -0.3 is 15.5 Å². The standard InChI is InChI=1S/C15H30N4/c16-14-3-9-19(10-4-14)15-5-8-18(13-15)12-11-17-6-1-2-7-17/h14-15H,1-13,16H2. The van der Waals surface area contributed by atoms with Crippen molar-refractivity contribution in [2.45, 2.75) is 44.2 Å². The van der Waals surface area contributed by atoms with Gasteiger partial charge in [-0.3, -0.25) is 4.90 Å². The first-order valence-corrected chi connectivity index (χ1v) is 8.25. The van der Waals surface area contributed by atoms with Gasteiger partial charge in [0.15, 0.2) is 0 Å². The van der Waals surface area contributed by atoms with E-state index in [1.807, 2.05) is 0 Å². The van der Waals surface area contributed by atoms with E-state index >= 15 is 0 Å². The van der Waals surface area contributed by atoms with E-state index in [0.29, 0.717) is 6.04 Å². The highest BCUT2D eigenvalue weighted by Crippen LogP contribution is 2.20. The Hall–Kier alpha value is -0.160. The van der Waals surface area contributed by atoms with Gasteiger partial charge in [0, 0.05) is 31.7 Å². The molecule has 0 spiro atoms. The second-order valence-corrected chi connectivity index (χ2v) is 6.67. The Bertz CT molecular complexity index is 269. The van der Waals surface area contributed by atoms with Crippen molar-refractivity contribution in [1.29, 1.82) is 0 Å². The molecule has 4 heteroatoms. The first-order chi connectivity index (χ1) is 9.31. The number of hydrogen-bond acceptors (Lipinski definition) is 4. The van der Waals surface area contributed by atoms with E-state index < -0.39 is 0 Å². The lowest BCUT2D eigenvalue weighted by Gasteiger charge is -2.34. The zero-order valence-electron chi connectivity index (χ0n) is 12.3. The number of piperidine rings is 1. The molecule has 2 N–H and O–H groups in total. The van der Waals surface area contributed by atoms with E-state index in [2.05, 4.69) is 14.7 Å². The summed E-state index contributed by atoms with van der Waals surface area (Å²) >= 11 is 0. The molecule has 3 aliphatic rings. The van der Waals surface area contributed by atoms with E-state index in [-0.39, 0.29) is 0 Å². The van der Waals surface area contributed by atoms with Crippen molar-refractivity contribution in [3.63, 3.8) is 0 Å². The lowest BCUT2D eigenvalue weighted by molar-refractivity contribution is 0.150. The normalized spacial score (nSPS) is 32.4. The summed E-state index contributed by atoms with van der Waals surface area (Å²) in [7, 11) is 0. The smallest absolute Gasteiger partial charge is 0.0235 e. The molecule has 3 fully saturated rings. The Morgan fingerprint density at radius 3 is 2.21 bits per heavy atom. The van der Waals surface area contributed by atoms with Gasteiger partial charge in [0.05, 0.1) is 0 Å². The average molecular weight is 266 g/mol. The largest absolute Gasteiger partial charge is 0.328 e. The van der Waals surface area contributed by atoms with Crippen LogP contribution in [-0.2, 0) is 0 Å². The third-order valence-electron chi connectivity index (χ3n) is 5.27. The highest BCUT2D eigenvalue weighted by molar-refractivity contribution is 4.87. The minimum atomic E-state index is 0.462. The van der Waals surface area contributed by atoms with Crippen LogP contribution in [-0.4, -0.2) is 79.1 Å². The Kier molecular flexibility index (Phi) is 4.74. The van der Waals surface area contributed by atoms with E-state index in [9.17, 15) is 0 Å². The van der Waals surface area contributed by atoms with Gasteiger partial charge in [0.2, 0.25) is 0 Å². The molecular weight excluding hydrogens is 236 g/mol. The lowest BCUT2D eigenvalue weighted by Crippen LogP contribution is -2.46. The van der Waals surface area contributed by atoms with Crippen LogP contribution in [0, 0.1) is 0 Å². The van der Waals surface area contributed by atoms with Crippen LogP contribution in [0.3, 0.4) is 0 Å². The number of likely N-dealkylation sites (tertiary alicyclic amines) is 3. The molecule has 0 aromatic carbocycles. The maximum Gasteiger partial charge on any atom is 0.0235 e. The van der Waals surface area contributed by atoms with Crippen molar-refractivity contribution >= 4 is 0 Å². The quantitative estimate of drug-likeness (QED) is 0.807. The maximum absolute atomic E-state index is 6.00. The number of nitrogens with two attached hydrogens (primary N) is 1. The molecule has 0 amide bonds. The monoisotopic (exact) mass is 266 g/mol. The topological polar surface area (TPSA) is 35.7 Å². The molecule has 110 valence electrons. The van der Waals surface area contributed by atoms with Gasteiger partial charge in [0.25, 0.3) is 0 Å². The fraction of sp³-hybridized carbons (Fsp3) is 1.00. The van der Waals surface area contributed by atoms with Crippen molar-refractivity contribution in [3.05, 3.63) is 0 Å². The third-order valence-corrected chi connectivity index (χ3v) is 5.27. The summed E-state index contributed by atoms with van der Waals surface area (Å²) in [6.45, 7) is 10.3. The van der Waals surface area contributed by atoms with Gasteiger partial charge in [-0.15, -0.1) is 0 Å². The first-order valence-electron chi connectivity index (χ1n) is 8.25. The summed E-state index contributed by atoms with van der Waals surface area (Å²) < 4.78 is 0. The molecule has 4 nitrogen and oxygen atoms in total. The van der Waals surface area contributed by atoms with Gasteiger partial charge in [-0.2, -0.15) is 0 Å². The van der Waals surface area contributed by atoms with Crippen LogP contribution in [0.5, 0.6) is 0 Å². The van der Waals surface area contributed by atoms with Crippen LogP contribution in [0.4, 0.5) is 0 Å². The Balaban J connectivity index is 1.37. The van der Waals surface area contributed by atoms with Crippen LogP contribution in [0.25, 0.3) is 0 Å². The SMILES string of the molecule is NC1CCN(C2CCN(CCN3CCCC3)C2)CC1. The van der Waals surface area contributed by atoms with Gasteiger partial charge in [-0.25, -0.2) is 0 Å². The number of hydrogen-bond donors (Lipinski definition) is 1. The summed E-state index contributed by atoms with van der Waals surface area (Å²) in [6.07, 6.45) is 6.59. The van der Waals surface area contributed by atoms with Crippen molar-refractivity contribution < 1.29 is 0 Å². The summed E-state index contributed by atoms with van der Waals surface area (Å²) in [5.41, 5.74) is 6.00. The van der Waals surface area contributed by atoms with E-state index in [4.69, 9.17) is 5.73 Å². The average Bonchev–Trinajstić information content (AvgIpc) is 3.09. The van der Waals surface area contributed by atoms with Crippen LogP contribution in [0.1, 0.15) is 32.1 Å². The van der Waals surface area contributed by atoms with Gasteiger partial charge >= 0.3 is 0 Å². The predicted octanol–water partition coefficient (Wildman–Crippen LogP) is 0.580. The minimum absolute atomic E-state index is 0.462. The van der Waals surface area contributed by atoms with E-state index in [0.717, 1.165) is 6.04 Å². The molecule has 1 atom stereocenters. The van der Waals surface area contributed by atoms with Crippen LogP contribution >= 0.6 is 0 Å². The van der Waals surface area contributed by atoms with Crippen LogP contribution in [0.2, 0.25) is 0 Å². The molecule has 3 aliphatic heterocycles. The maximum atomic E-state index is 6.00. The van der Waals surface area contributed by atoms with Crippen molar-refractivity contribution in [2.75, 3.05) is 52.4 Å². The molecule has 3 rings (SSSR count). The highest BCUT2D eigenvalue weighted by atomic mass is 15.3. The van der Waals surface area contributed by atoms with Gasteiger partial charge in [0.1, 0.15) is 0 Å². The number of nitrogens with zero attached hydrogens (tertiary/aromatic N) is 3. The minimum Gasteiger partial charge on any atom is -0.328 e. The fourth-order valence-corrected chi connectivity index (χ4v) is 3.89. The second kappa shape index (κ2) is 6.53. The van der Waals surface area contributed by atoms with E-state index in [1.165, 1.54) is 84.5 Å². The van der Waals surface area contributed by atoms with Crippen molar-refractivity contribution in [3.8, 4) is 0 Å². The van der Waals surface area contributed by atoms with Crippen molar-refractivity contribution in [2.24, 2.45) is 5.73 Å². The van der Waals surface area contributed by atoms with Gasteiger partial charge in [-0.1, -0.05) is 0 Å². The molecule has 0 aliphatic carbocycles. The molecule has 0 saturated carbocycles. The molecule has 3 heterocycles. The summed E-state index contributed by atoms with van der Waals surface area (Å²) in [4.78, 5) is 8.00. The van der Waals surface area contributed by atoms with E-state index in [1.54, 1.807) is 0 Å². The zero-order valence-corrected chi connectivity index (χ0v) is 12.3. The second-order valence-electron chi connectivity index (χ2n) is 6.67. The predicted molar refractivity (Wildman–Crippen MR) is 79.3 cm³/mol. The van der Waals surface area contributed by atoms with Crippen LogP contribution < -0.4 is 5.73 Å². The molecule has 3 saturated heterocycles. The summed E-state index contributed by atoms with van der Waals surface area (Å²) in [5.74, 6) is 0. The Morgan fingerprint density at radius 1 is 0.789 bits per heavy atom. The lowest BCUT2D eigenvalue weighted by atomic mass is 10.0. The Morgan fingerprint density at radius 2 is 1.47 bits per heavy atom. The highest BCUT2D eigenvalue weighted by Gasteiger charge is 2.29. The zero-order chi connectivity index (χ0) is 13.1. The summed E-state index contributed by atoms with van der Waals surface area (Å²) in [6, 6.07) is 1.27.